The van der Waals surface area contributed by atoms with Crippen LogP contribution < -0.4 is 0 Å². The summed E-state index contributed by atoms with van der Waals surface area (Å²) >= 11 is 0. The first-order chi connectivity index (χ1) is 22.4. The van der Waals surface area contributed by atoms with Crippen molar-refractivity contribution >= 4 is 17.9 Å². The highest BCUT2D eigenvalue weighted by atomic mass is 16.6. The quantitative estimate of drug-likeness (QED) is 0.0385. The number of esters is 3. The van der Waals surface area contributed by atoms with Gasteiger partial charge < -0.3 is 14.2 Å². The Hall–Kier alpha value is -1.59. The third-order valence-corrected chi connectivity index (χ3v) is 8.79. The molecule has 1 atom stereocenters. The molecule has 0 aromatic carbocycles. The zero-order chi connectivity index (χ0) is 33.9. The summed E-state index contributed by atoms with van der Waals surface area (Å²) in [4.78, 5) is 37.3. The molecule has 0 heterocycles. The first-order valence-corrected chi connectivity index (χ1v) is 19.9. The van der Waals surface area contributed by atoms with Gasteiger partial charge >= 0.3 is 17.9 Å². The van der Waals surface area contributed by atoms with E-state index in [1.54, 1.807) is 0 Å². The molecule has 0 fully saturated rings. The van der Waals surface area contributed by atoms with Crippen LogP contribution in [0.15, 0.2) is 0 Å². The predicted molar refractivity (Wildman–Crippen MR) is 192 cm³/mol. The summed E-state index contributed by atoms with van der Waals surface area (Å²) in [7, 11) is 0. The van der Waals surface area contributed by atoms with E-state index in [0.29, 0.717) is 19.3 Å². The second-order valence-electron chi connectivity index (χ2n) is 14.0. The molecule has 0 amide bonds. The van der Waals surface area contributed by atoms with Crippen LogP contribution in [0.3, 0.4) is 0 Å². The minimum Gasteiger partial charge on any atom is -0.462 e. The topological polar surface area (TPSA) is 78.9 Å². The standard InChI is InChI=1S/C40H76O6/c1-5-7-9-11-13-15-21-25-29-33-40(43)46-37(34-44-38(41)31-27-23-18-12-10-8-6-2)35-45-39(42)32-28-24-20-17-14-16-19-22-26-30-36(3)4/h36-37H,5-35H2,1-4H3/t37-/m1/s1. The molecule has 272 valence electrons. The Labute approximate surface area is 285 Å². The summed E-state index contributed by atoms with van der Waals surface area (Å²) in [5.41, 5.74) is 0. The van der Waals surface area contributed by atoms with Gasteiger partial charge in [0.1, 0.15) is 13.2 Å². The summed E-state index contributed by atoms with van der Waals surface area (Å²) < 4.78 is 16.5. The van der Waals surface area contributed by atoms with E-state index >= 15 is 0 Å². The average Bonchev–Trinajstić information content (AvgIpc) is 3.03. The van der Waals surface area contributed by atoms with E-state index in [9.17, 15) is 14.4 Å². The fourth-order valence-corrected chi connectivity index (χ4v) is 5.74. The minimum absolute atomic E-state index is 0.0656. The molecule has 0 saturated carbocycles. The normalized spacial score (nSPS) is 11.9. The number of carbonyl (C=O) groups excluding carboxylic acids is 3. The zero-order valence-electron chi connectivity index (χ0n) is 31.0. The molecule has 0 radical (unpaired) electrons. The Morgan fingerprint density at radius 3 is 1.07 bits per heavy atom. The molecule has 0 aliphatic rings. The van der Waals surface area contributed by atoms with Crippen LogP contribution in [-0.2, 0) is 28.6 Å². The molecule has 0 saturated heterocycles. The number of unbranched alkanes of at least 4 members (excludes halogenated alkanes) is 22. The van der Waals surface area contributed by atoms with E-state index in [4.69, 9.17) is 14.2 Å². The second-order valence-corrected chi connectivity index (χ2v) is 14.0. The van der Waals surface area contributed by atoms with Crippen LogP contribution in [0, 0.1) is 5.92 Å². The molecule has 6 nitrogen and oxygen atoms in total. The van der Waals surface area contributed by atoms with Crippen molar-refractivity contribution in [3.63, 3.8) is 0 Å². The van der Waals surface area contributed by atoms with Crippen LogP contribution in [0.5, 0.6) is 0 Å². The first kappa shape index (κ1) is 44.4. The summed E-state index contributed by atoms with van der Waals surface area (Å²) in [6.07, 6.45) is 31.0. The number of hydrogen-bond acceptors (Lipinski definition) is 6. The molecule has 0 N–H and O–H groups in total. The molecule has 6 heteroatoms. The minimum atomic E-state index is -0.756. The van der Waals surface area contributed by atoms with Crippen molar-refractivity contribution in [2.24, 2.45) is 5.92 Å². The van der Waals surface area contributed by atoms with Crippen LogP contribution >= 0.6 is 0 Å². The largest absolute Gasteiger partial charge is 0.462 e. The molecule has 0 aromatic rings. The summed E-state index contributed by atoms with van der Waals surface area (Å²) in [5, 5.41) is 0. The molecule has 46 heavy (non-hydrogen) atoms. The monoisotopic (exact) mass is 653 g/mol. The Morgan fingerprint density at radius 2 is 0.717 bits per heavy atom. The lowest BCUT2D eigenvalue weighted by Crippen LogP contribution is -2.30. The second kappa shape index (κ2) is 34.7. The van der Waals surface area contributed by atoms with Gasteiger partial charge in [-0.15, -0.1) is 0 Å². The fourth-order valence-electron chi connectivity index (χ4n) is 5.74. The van der Waals surface area contributed by atoms with E-state index in [1.807, 2.05) is 0 Å². The molecule has 0 bridgehead atoms. The van der Waals surface area contributed by atoms with E-state index < -0.39 is 6.10 Å². The molecule has 0 unspecified atom stereocenters. The smallest absolute Gasteiger partial charge is 0.306 e. The summed E-state index contributed by atoms with van der Waals surface area (Å²) in [6, 6.07) is 0. The highest BCUT2D eigenvalue weighted by Gasteiger charge is 2.19. The first-order valence-electron chi connectivity index (χ1n) is 19.9. The maximum atomic E-state index is 12.6. The number of carbonyl (C=O) groups is 3. The van der Waals surface area contributed by atoms with Crippen LogP contribution in [-0.4, -0.2) is 37.2 Å². The maximum absolute atomic E-state index is 12.6. The van der Waals surface area contributed by atoms with E-state index in [-0.39, 0.29) is 31.1 Å². The van der Waals surface area contributed by atoms with E-state index in [2.05, 4.69) is 27.7 Å². The van der Waals surface area contributed by atoms with Crippen molar-refractivity contribution in [2.45, 2.75) is 220 Å². The number of rotatable bonds is 35. The van der Waals surface area contributed by atoms with Gasteiger partial charge in [0.25, 0.3) is 0 Å². The van der Waals surface area contributed by atoms with Crippen molar-refractivity contribution < 1.29 is 28.6 Å². The number of hydrogen-bond donors (Lipinski definition) is 0. The molecule has 0 aliphatic heterocycles. The molecular weight excluding hydrogens is 576 g/mol. The Kier molecular flexibility index (Phi) is 33.5. The molecule has 0 aromatic heterocycles. The highest BCUT2D eigenvalue weighted by molar-refractivity contribution is 5.71. The zero-order valence-corrected chi connectivity index (χ0v) is 31.0. The third kappa shape index (κ3) is 33.8. The van der Waals surface area contributed by atoms with Gasteiger partial charge in [0.15, 0.2) is 6.10 Å². The lowest BCUT2D eigenvalue weighted by Gasteiger charge is -2.18. The SMILES string of the molecule is CCCCCCCCCCCC(=O)O[C@H](COC(=O)CCCCCCCCC)COC(=O)CCCCCCCCCCCC(C)C. The molecule has 0 spiro atoms. The van der Waals surface area contributed by atoms with Gasteiger partial charge in [-0.3, -0.25) is 14.4 Å². The van der Waals surface area contributed by atoms with Crippen LogP contribution in [0.2, 0.25) is 0 Å². The van der Waals surface area contributed by atoms with Gasteiger partial charge in [-0.1, -0.05) is 175 Å². The van der Waals surface area contributed by atoms with Gasteiger partial charge in [0.05, 0.1) is 0 Å². The number of ether oxygens (including phenoxy) is 3. The third-order valence-electron chi connectivity index (χ3n) is 8.79. The van der Waals surface area contributed by atoms with Gasteiger partial charge in [-0.25, -0.2) is 0 Å². The van der Waals surface area contributed by atoms with Crippen LogP contribution in [0.1, 0.15) is 214 Å². The van der Waals surface area contributed by atoms with Gasteiger partial charge in [0.2, 0.25) is 0 Å². The van der Waals surface area contributed by atoms with Crippen LogP contribution in [0.25, 0.3) is 0 Å². The maximum Gasteiger partial charge on any atom is 0.306 e. The Bertz CT molecular complexity index is 691. The van der Waals surface area contributed by atoms with Gasteiger partial charge in [-0.05, 0) is 25.2 Å². The molecule has 0 rings (SSSR count). The van der Waals surface area contributed by atoms with Crippen molar-refractivity contribution in [2.75, 3.05) is 13.2 Å². The lowest BCUT2D eigenvalue weighted by molar-refractivity contribution is -0.167. The van der Waals surface area contributed by atoms with Crippen molar-refractivity contribution in [1.29, 1.82) is 0 Å². The molecular formula is C40H76O6. The van der Waals surface area contributed by atoms with E-state index in [1.165, 1.54) is 109 Å². The van der Waals surface area contributed by atoms with E-state index in [0.717, 1.165) is 63.7 Å². The summed E-state index contributed by atoms with van der Waals surface area (Å²) in [5.74, 6) is -0.0638. The fraction of sp³-hybridized carbons (Fsp3) is 0.925. The highest BCUT2D eigenvalue weighted by Crippen LogP contribution is 2.15. The molecule has 0 aliphatic carbocycles. The predicted octanol–water partition coefficient (Wildman–Crippen LogP) is 12.0. The summed E-state index contributed by atoms with van der Waals surface area (Å²) in [6.45, 7) is 8.89. The van der Waals surface area contributed by atoms with Crippen molar-refractivity contribution in [3.8, 4) is 0 Å². The lowest BCUT2D eigenvalue weighted by atomic mass is 10.0. The van der Waals surface area contributed by atoms with Gasteiger partial charge in [-0.2, -0.15) is 0 Å². The van der Waals surface area contributed by atoms with Gasteiger partial charge in [0, 0.05) is 19.3 Å². The van der Waals surface area contributed by atoms with Crippen LogP contribution in [0.4, 0.5) is 0 Å². The Balaban J connectivity index is 4.31. The van der Waals surface area contributed by atoms with Crippen molar-refractivity contribution in [1.82, 2.24) is 0 Å². The van der Waals surface area contributed by atoms with Crippen molar-refractivity contribution in [3.05, 3.63) is 0 Å². The Morgan fingerprint density at radius 1 is 0.413 bits per heavy atom. The average molecular weight is 653 g/mol.